The number of β-amino-alcohol motifs (C(OH)–C–C–N with tert-alkyl or cyclic N) is 1. The third-order valence-electron chi connectivity index (χ3n) is 4.03. The molecular formula is C16H20F2N2O3. The van der Waals surface area contributed by atoms with E-state index < -0.39 is 23.1 Å². The molecule has 23 heavy (non-hydrogen) atoms. The zero-order valence-electron chi connectivity index (χ0n) is 12.7. The molecule has 0 radical (unpaired) electrons. The zero-order chi connectivity index (χ0) is 17.0. The quantitative estimate of drug-likeness (QED) is 0.851. The predicted octanol–water partition coefficient (Wildman–Crippen LogP) is 1.13. The number of halogens is 2. The van der Waals surface area contributed by atoms with E-state index in [4.69, 9.17) is 5.73 Å². The number of carbonyl (C=O) groups excluding carboxylic acids is 2. The smallest absolute Gasteiger partial charge is 0.223 e. The molecule has 126 valence electrons. The van der Waals surface area contributed by atoms with Crippen molar-refractivity contribution in [1.82, 2.24) is 4.90 Å². The Morgan fingerprint density at radius 3 is 2.74 bits per heavy atom. The van der Waals surface area contributed by atoms with Gasteiger partial charge in [0.25, 0.3) is 0 Å². The first-order valence-corrected chi connectivity index (χ1v) is 7.51. The van der Waals surface area contributed by atoms with Crippen molar-refractivity contribution in [3.8, 4) is 0 Å². The highest BCUT2D eigenvalue weighted by Gasteiger charge is 2.36. The molecular weight excluding hydrogens is 306 g/mol. The van der Waals surface area contributed by atoms with Gasteiger partial charge in [-0.2, -0.15) is 0 Å². The molecule has 3 N–H and O–H groups in total. The molecule has 1 atom stereocenters. The van der Waals surface area contributed by atoms with Crippen molar-refractivity contribution in [2.75, 3.05) is 13.1 Å². The number of aryl methyl sites for hydroxylation is 1. The van der Waals surface area contributed by atoms with Gasteiger partial charge in [0, 0.05) is 25.6 Å². The molecule has 1 fully saturated rings. The standard InChI is InChI=1S/C16H20F2N2O3/c17-12-4-2-11(13(18)8-12)3-5-15(22)20-7-1-6-16(23,10-20)9-14(19)21/h2,4,8,23H,1,3,5-7,9-10H2,(H2,19,21). The van der Waals surface area contributed by atoms with Crippen LogP contribution in [0.4, 0.5) is 8.78 Å². The van der Waals surface area contributed by atoms with E-state index in [9.17, 15) is 23.5 Å². The topological polar surface area (TPSA) is 83.6 Å². The number of benzene rings is 1. The van der Waals surface area contributed by atoms with Crippen LogP contribution in [0.3, 0.4) is 0 Å². The first kappa shape index (κ1) is 17.3. The van der Waals surface area contributed by atoms with E-state index >= 15 is 0 Å². The van der Waals surface area contributed by atoms with E-state index in [2.05, 4.69) is 0 Å². The fourth-order valence-electron chi connectivity index (χ4n) is 2.92. The molecule has 5 nitrogen and oxygen atoms in total. The van der Waals surface area contributed by atoms with Crippen molar-refractivity contribution in [2.24, 2.45) is 5.73 Å². The Labute approximate surface area is 133 Å². The molecule has 1 unspecified atom stereocenters. The van der Waals surface area contributed by atoms with Crippen LogP contribution in [-0.2, 0) is 16.0 Å². The number of nitrogens with two attached hydrogens (primary N) is 1. The van der Waals surface area contributed by atoms with E-state index in [0.717, 1.165) is 12.1 Å². The number of primary amides is 1. The van der Waals surface area contributed by atoms with Crippen molar-refractivity contribution in [2.45, 2.75) is 37.7 Å². The summed E-state index contributed by atoms with van der Waals surface area (Å²) in [6.07, 6.45) is 0.987. The third kappa shape index (κ3) is 4.72. The van der Waals surface area contributed by atoms with Crippen LogP contribution in [0, 0.1) is 11.6 Å². The summed E-state index contributed by atoms with van der Waals surface area (Å²) in [6.45, 7) is 0.520. The molecule has 2 rings (SSSR count). The maximum Gasteiger partial charge on any atom is 0.223 e. The van der Waals surface area contributed by atoms with Gasteiger partial charge in [-0.05, 0) is 30.9 Å². The van der Waals surface area contributed by atoms with Gasteiger partial charge in [-0.3, -0.25) is 9.59 Å². The lowest BCUT2D eigenvalue weighted by Gasteiger charge is -2.38. The maximum absolute atomic E-state index is 13.6. The molecule has 2 amide bonds. The summed E-state index contributed by atoms with van der Waals surface area (Å²) in [5, 5.41) is 10.3. The summed E-state index contributed by atoms with van der Waals surface area (Å²) in [5.74, 6) is -2.20. The molecule has 0 bridgehead atoms. The number of hydrogen-bond donors (Lipinski definition) is 2. The Morgan fingerprint density at radius 2 is 2.09 bits per heavy atom. The van der Waals surface area contributed by atoms with Gasteiger partial charge in [0.1, 0.15) is 11.6 Å². The van der Waals surface area contributed by atoms with Crippen LogP contribution in [0.25, 0.3) is 0 Å². The minimum absolute atomic E-state index is 0.0423. The summed E-state index contributed by atoms with van der Waals surface area (Å²) in [5.41, 5.74) is 4.10. The monoisotopic (exact) mass is 326 g/mol. The first-order chi connectivity index (χ1) is 10.8. The molecule has 0 spiro atoms. The zero-order valence-corrected chi connectivity index (χ0v) is 12.7. The highest BCUT2D eigenvalue weighted by molar-refractivity contribution is 5.77. The van der Waals surface area contributed by atoms with Crippen LogP contribution in [-0.4, -0.2) is 40.5 Å². The highest BCUT2D eigenvalue weighted by Crippen LogP contribution is 2.25. The number of piperidine rings is 1. The van der Waals surface area contributed by atoms with E-state index in [1.807, 2.05) is 0 Å². The molecule has 1 aromatic carbocycles. The average molecular weight is 326 g/mol. The number of aliphatic hydroxyl groups is 1. The van der Waals surface area contributed by atoms with Crippen LogP contribution in [0.5, 0.6) is 0 Å². The molecule has 1 aromatic rings. The SMILES string of the molecule is NC(=O)CC1(O)CCCN(C(=O)CCc2ccc(F)cc2F)C1. The Morgan fingerprint density at radius 1 is 1.35 bits per heavy atom. The van der Waals surface area contributed by atoms with Crippen LogP contribution in [0.15, 0.2) is 18.2 Å². The number of nitrogens with zero attached hydrogens (tertiary/aromatic N) is 1. The second kappa shape index (κ2) is 7.04. The summed E-state index contributed by atoms with van der Waals surface area (Å²) < 4.78 is 26.4. The lowest BCUT2D eigenvalue weighted by Crippen LogP contribution is -2.51. The third-order valence-corrected chi connectivity index (χ3v) is 4.03. The molecule has 0 aromatic heterocycles. The predicted molar refractivity (Wildman–Crippen MR) is 79.3 cm³/mol. The van der Waals surface area contributed by atoms with Gasteiger partial charge in [-0.1, -0.05) is 6.07 Å². The summed E-state index contributed by atoms with van der Waals surface area (Å²) >= 11 is 0. The van der Waals surface area contributed by atoms with Gasteiger partial charge >= 0.3 is 0 Å². The van der Waals surface area contributed by atoms with Crippen molar-refractivity contribution in [3.05, 3.63) is 35.4 Å². The Kier molecular flexibility index (Phi) is 5.30. The molecule has 1 aliphatic rings. The number of rotatable bonds is 5. The van der Waals surface area contributed by atoms with E-state index in [-0.39, 0.29) is 37.3 Å². The number of hydrogen-bond acceptors (Lipinski definition) is 3. The van der Waals surface area contributed by atoms with Gasteiger partial charge in [-0.25, -0.2) is 8.78 Å². The fourth-order valence-corrected chi connectivity index (χ4v) is 2.92. The summed E-state index contributed by atoms with van der Waals surface area (Å²) in [7, 11) is 0. The van der Waals surface area contributed by atoms with Crippen molar-refractivity contribution >= 4 is 11.8 Å². The van der Waals surface area contributed by atoms with Crippen LogP contribution >= 0.6 is 0 Å². The van der Waals surface area contributed by atoms with Crippen molar-refractivity contribution < 1.29 is 23.5 Å². The minimum Gasteiger partial charge on any atom is -0.388 e. The average Bonchev–Trinajstić information content (AvgIpc) is 2.44. The van der Waals surface area contributed by atoms with Gasteiger partial charge in [0.05, 0.1) is 12.0 Å². The van der Waals surface area contributed by atoms with Gasteiger partial charge in [-0.15, -0.1) is 0 Å². The largest absolute Gasteiger partial charge is 0.388 e. The number of amides is 2. The molecule has 1 heterocycles. The Hall–Kier alpha value is -2.02. The normalized spacial score (nSPS) is 21.3. The Bertz CT molecular complexity index is 609. The maximum atomic E-state index is 13.6. The first-order valence-electron chi connectivity index (χ1n) is 7.51. The van der Waals surface area contributed by atoms with Crippen molar-refractivity contribution in [1.29, 1.82) is 0 Å². The van der Waals surface area contributed by atoms with Crippen LogP contribution < -0.4 is 5.73 Å². The van der Waals surface area contributed by atoms with Crippen LogP contribution in [0.1, 0.15) is 31.2 Å². The summed E-state index contributed by atoms with van der Waals surface area (Å²) in [4.78, 5) is 24.7. The molecule has 1 saturated heterocycles. The number of likely N-dealkylation sites (tertiary alicyclic amines) is 1. The molecule has 1 aliphatic heterocycles. The fraction of sp³-hybridized carbons (Fsp3) is 0.500. The lowest BCUT2D eigenvalue weighted by molar-refractivity contribution is -0.141. The molecule has 0 aliphatic carbocycles. The second-order valence-corrected chi connectivity index (χ2v) is 6.02. The Balaban J connectivity index is 1.93. The highest BCUT2D eigenvalue weighted by atomic mass is 19.1. The van der Waals surface area contributed by atoms with Gasteiger partial charge in [0.2, 0.25) is 11.8 Å². The number of carbonyl (C=O) groups is 2. The minimum atomic E-state index is -1.29. The second-order valence-electron chi connectivity index (χ2n) is 6.02. The molecule has 0 saturated carbocycles. The lowest BCUT2D eigenvalue weighted by atomic mass is 9.89. The molecule has 7 heteroatoms. The van der Waals surface area contributed by atoms with Crippen LogP contribution in [0.2, 0.25) is 0 Å². The van der Waals surface area contributed by atoms with E-state index in [0.29, 0.717) is 19.4 Å². The van der Waals surface area contributed by atoms with Gasteiger partial charge in [0.15, 0.2) is 0 Å². The van der Waals surface area contributed by atoms with E-state index in [1.54, 1.807) is 0 Å². The van der Waals surface area contributed by atoms with Gasteiger partial charge < -0.3 is 15.7 Å². The van der Waals surface area contributed by atoms with E-state index in [1.165, 1.54) is 11.0 Å². The summed E-state index contributed by atoms with van der Waals surface area (Å²) in [6, 6.07) is 3.25. The van der Waals surface area contributed by atoms with Crippen molar-refractivity contribution in [3.63, 3.8) is 0 Å².